The normalized spacial score (nSPS) is 17.6. The Hall–Kier alpha value is -0.810. The lowest BCUT2D eigenvalue weighted by molar-refractivity contribution is 0.204. The zero-order valence-corrected chi connectivity index (χ0v) is 12.2. The van der Waals surface area contributed by atoms with Crippen LogP contribution < -0.4 is 5.73 Å². The maximum Gasteiger partial charge on any atom is 0.137 e. The summed E-state index contributed by atoms with van der Waals surface area (Å²) in [6.45, 7) is 3.03. The predicted octanol–water partition coefficient (Wildman–Crippen LogP) is 2.33. The molecule has 0 bridgehead atoms. The fourth-order valence-corrected chi connectivity index (χ4v) is 2.60. The summed E-state index contributed by atoms with van der Waals surface area (Å²) in [4.78, 5) is 7.01. The molecule has 0 aromatic carbocycles. The van der Waals surface area contributed by atoms with Gasteiger partial charge in [0.15, 0.2) is 0 Å². The Morgan fingerprint density at radius 1 is 1.26 bits per heavy atom. The minimum atomic E-state index is 0. The van der Waals surface area contributed by atoms with Crippen LogP contribution in [0.2, 0.25) is 5.02 Å². The van der Waals surface area contributed by atoms with Crippen molar-refractivity contribution in [2.75, 3.05) is 13.1 Å². The van der Waals surface area contributed by atoms with E-state index >= 15 is 0 Å². The first kappa shape index (κ1) is 14.6. The molecule has 0 spiro atoms. The Morgan fingerprint density at radius 2 is 2.00 bits per heavy atom. The number of aromatic nitrogens is 2. The van der Waals surface area contributed by atoms with Crippen molar-refractivity contribution in [2.45, 2.75) is 25.4 Å². The van der Waals surface area contributed by atoms with Gasteiger partial charge in [0.2, 0.25) is 0 Å². The molecule has 2 N–H and O–H groups in total. The van der Waals surface area contributed by atoms with Crippen LogP contribution in [0.15, 0.2) is 24.5 Å². The lowest BCUT2D eigenvalue weighted by Gasteiger charge is -2.29. The number of halogens is 2. The van der Waals surface area contributed by atoms with Gasteiger partial charge in [0.05, 0.1) is 10.7 Å². The molecule has 1 aliphatic heterocycles. The fourth-order valence-electron chi connectivity index (χ4n) is 2.43. The number of piperidine rings is 1. The number of rotatable bonds is 2. The Morgan fingerprint density at radius 3 is 2.74 bits per heavy atom. The SMILES string of the molecule is Cl.NC1CCN(Cc2cn3cc(Cl)ccc3n2)CC1. The second-order valence-electron chi connectivity index (χ2n) is 4.96. The summed E-state index contributed by atoms with van der Waals surface area (Å²) in [5.74, 6) is 0. The van der Waals surface area contributed by atoms with Crippen LogP contribution in [0.25, 0.3) is 5.65 Å². The topological polar surface area (TPSA) is 46.6 Å². The quantitative estimate of drug-likeness (QED) is 0.926. The van der Waals surface area contributed by atoms with Crippen LogP contribution in [0, 0.1) is 0 Å². The molecule has 1 saturated heterocycles. The first-order chi connectivity index (χ1) is 8.70. The number of likely N-dealkylation sites (tertiary alicyclic amines) is 1. The van der Waals surface area contributed by atoms with E-state index in [0.29, 0.717) is 6.04 Å². The average Bonchev–Trinajstić information content (AvgIpc) is 2.73. The van der Waals surface area contributed by atoms with Crippen molar-refractivity contribution >= 4 is 29.7 Å². The molecule has 0 amide bonds. The third-order valence-electron chi connectivity index (χ3n) is 3.48. The third kappa shape index (κ3) is 3.39. The molecule has 104 valence electrons. The van der Waals surface area contributed by atoms with Crippen LogP contribution in [0.5, 0.6) is 0 Å². The van der Waals surface area contributed by atoms with E-state index in [4.69, 9.17) is 17.3 Å². The van der Waals surface area contributed by atoms with E-state index in [-0.39, 0.29) is 12.4 Å². The number of fused-ring (bicyclic) bond motifs is 1. The van der Waals surface area contributed by atoms with Crippen LogP contribution in [-0.2, 0) is 6.54 Å². The minimum absolute atomic E-state index is 0. The van der Waals surface area contributed by atoms with Crippen molar-refractivity contribution in [1.29, 1.82) is 0 Å². The van der Waals surface area contributed by atoms with E-state index in [0.717, 1.165) is 48.8 Å². The summed E-state index contributed by atoms with van der Waals surface area (Å²) in [5.41, 5.74) is 7.95. The van der Waals surface area contributed by atoms with Gasteiger partial charge < -0.3 is 10.1 Å². The van der Waals surface area contributed by atoms with Crippen LogP contribution in [0.3, 0.4) is 0 Å². The van der Waals surface area contributed by atoms with E-state index in [9.17, 15) is 0 Å². The molecule has 2 aromatic rings. The van der Waals surface area contributed by atoms with Crippen molar-refractivity contribution in [3.05, 3.63) is 35.2 Å². The van der Waals surface area contributed by atoms with Crippen LogP contribution in [-0.4, -0.2) is 33.4 Å². The Balaban J connectivity index is 0.00000133. The highest BCUT2D eigenvalue weighted by Crippen LogP contribution is 2.15. The van der Waals surface area contributed by atoms with E-state index in [1.807, 2.05) is 22.7 Å². The molecular formula is C13H18Cl2N4. The largest absolute Gasteiger partial charge is 0.328 e. The summed E-state index contributed by atoms with van der Waals surface area (Å²) in [6.07, 6.45) is 6.10. The molecule has 6 heteroatoms. The molecule has 4 nitrogen and oxygen atoms in total. The van der Waals surface area contributed by atoms with Crippen molar-refractivity contribution in [3.63, 3.8) is 0 Å². The number of hydrogen-bond acceptors (Lipinski definition) is 3. The second kappa shape index (κ2) is 6.09. The van der Waals surface area contributed by atoms with Crippen LogP contribution in [0.4, 0.5) is 0 Å². The highest BCUT2D eigenvalue weighted by Gasteiger charge is 2.16. The van der Waals surface area contributed by atoms with Crippen molar-refractivity contribution < 1.29 is 0 Å². The fraction of sp³-hybridized carbons (Fsp3) is 0.462. The van der Waals surface area contributed by atoms with E-state index in [1.165, 1.54) is 0 Å². The minimum Gasteiger partial charge on any atom is -0.328 e. The van der Waals surface area contributed by atoms with Gasteiger partial charge in [0, 0.05) is 38.1 Å². The maximum absolute atomic E-state index is 5.96. The van der Waals surface area contributed by atoms with Gasteiger partial charge in [-0.25, -0.2) is 4.98 Å². The Labute approximate surface area is 124 Å². The van der Waals surface area contributed by atoms with E-state index in [2.05, 4.69) is 16.1 Å². The average molecular weight is 301 g/mol. The highest BCUT2D eigenvalue weighted by molar-refractivity contribution is 6.30. The zero-order chi connectivity index (χ0) is 12.5. The molecule has 0 saturated carbocycles. The van der Waals surface area contributed by atoms with Gasteiger partial charge in [0.25, 0.3) is 0 Å². The zero-order valence-electron chi connectivity index (χ0n) is 10.6. The number of nitrogens with two attached hydrogens (primary N) is 1. The maximum atomic E-state index is 5.96. The van der Waals surface area contributed by atoms with Crippen LogP contribution >= 0.6 is 24.0 Å². The van der Waals surface area contributed by atoms with Crippen molar-refractivity contribution in [3.8, 4) is 0 Å². The molecule has 3 rings (SSSR count). The van der Waals surface area contributed by atoms with Gasteiger partial charge in [-0.2, -0.15) is 0 Å². The van der Waals surface area contributed by atoms with Gasteiger partial charge >= 0.3 is 0 Å². The summed E-state index contributed by atoms with van der Waals surface area (Å²) >= 11 is 5.96. The van der Waals surface area contributed by atoms with Crippen molar-refractivity contribution in [2.24, 2.45) is 5.73 Å². The number of nitrogens with zero attached hydrogens (tertiary/aromatic N) is 3. The molecule has 19 heavy (non-hydrogen) atoms. The molecule has 0 aliphatic carbocycles. The molecule has 0 radical (unpaired) electrons. The monoisotopic (exact) mass is 300 g/mol. The summed E-state index contributed by atoms with van der Waals surface area (Å²) in [5, 5.41) is 0.732. The Kier molecular flexibility index (Phi) is 4.68. The summed E-state index contributed by atoms with van der Waals surface area (Å²) in [7, 11) is 0. The molecule has 3 heterocycles. The summed E-state index contributed by atoms with van der Waals surface area (Å²) in [6, 6.07) is 4.19. The van der Waals surface area contributed by atoms with E-state index in [1.54, 1.807) is 0 Å². The molecule has 1 aliphatic rings. The van der Waals surface area contributed by atoms with Crippen molar-refractivity contribution in [1.82, 2.24) is 14.3 Å². The molecule has 0 atom stereocenters. The molecule has 1 fully saturated rings. The smallest absolute Gasteiger partial charge is 0.137 e. The first-order valence-electron chi connectivity index (χ1n) is 6.32. The number of pyridine rings is 1. The van der Waals surface area contributed by atoms with Gasteiger partial charge in [-0.05, 0) is 25.0 Å². The van der Waals surface area contributed by atoms with Gasteiger partial charge in [-0.3, -0.25) is 4.90 Å². The number of hydrogen-bond donors (Lipinski definition) is 1. The summed E-state index contributed by atoms with van der Waals surface area (Å²) < 4.78 is 1.98. The van der Waals surface area contributed by atoms with Gasteiger partial charge in [-0.1, -0.05) is 11.6 Å². The van der Waals surface area contributed by atoms with E-state index < -0.39 is 0 Å². The van der Waals surface area contributed by atoms with Crippen LogP contribution in [0.1, 0.15) is 18.5 Å². The van der Waals surface area contributed by atoms with Gasteiger partial charge in [0.1, 0.15) is 5.65 Å². The predicted molar refractivity (Wildman–Crippen MR) is 79.9 cm³/mol. The Bertz CT molecular complexity index is 547. The van der Waals surface area contributed by atoms with Gasteiger partial charge in [-0.15, -0.1) is 12.4 Å². The lowest BCUT2D eigenvalue weighted by Crippen LogP contribution is -2.39. The number of imidazole rings is 1. The molecule has 2 aromatic heterocycles. The molecule has 0 unspecified atom stereocenters. The third-order valence-corrected chi connectivity index (χ3v) is 3.71. The molecular weight excluding hydrogens is 283 g/mol. The highest BCUT2D eigenvalue weighted by atomic mass is 35.5. The second-order valence-corrected chi connectivity index (χ2v) is 5.40. The standard InChI is InChI=1S/C13H17ClN4.ClH/c14-10-1-2-13-16-12(9-18(13)7-10)8-17-5-3-11(15)4-6-17;/h1-2,7,9,11H,3-6,8,15H2;1H. The lowest BCUT2D eigenvalue weighted by atomic mass is 10.1. The first-order valence-corrected chi connectivity index (χ1v) is 6.69.